The second-order valence-corrected chi connectivity index (χ2v) is 10.6. The number of imide groups is 1. The van der Waals surface area contributed by atoms with Crippen LogP contribution in [0.2, 0.25) is 0 Å². The Morgan fingerprint density at radius 1 is 1.06 bits per heavy atom. The van der Waals surface area contributed by atoms with Crippen LogP contribution in [0.15, 0.2) is 29.2 Å². The van der Waals surface area contributed by atoms with Gasteiger partial charge in [0.25, 0.3) is 5.91 Å². The van der Waals surface area contributed by atoms with Crippen LogP contribution in [0.1, 0.15) is 32.1 Å². The van der Waals surface area contributed by atoms with Gasteiger partial charge in [0.1, 0.15) is 5.54 Å². The highest BCUT2D eigenvalue weighted by Crippen LogP contribution is 2.35. The van der Waals surface area contributed by atoms with Crippen LogP contribution in [0.4, 0.5) is 10.5 Å². The summed E-state index contributed by atoms with van der Waals surface area (Å²) in [5.74, 6) is -0.598. The minimum atomic E-state index is -3.57. The van der Waals surface area contributed by atoms with Crippen LogP contribution in [0.3, 0.4) is 0 Å². The van der Waals surface area contributed by atoms with Gasteiger partial charge in [-0.05, 0) is 44.2 Å². The van der Waals surface area contributed by atoms with E-state index in [-0.39, 0.29) is 29.7 Å². The summed E-state index contributed by atoms with van der Waals surface area (Å²) in [5, 5.41) is 5.49. The first-order valence-electron chi connectivity index (χ1n) is 10.9. The molecule has 174 valence electrons. The zero-order valence-electron chi connectivity index (χ0n) is 18.2. The van der Waals surface area contributed by atoms with Gasteiger partial charge in [0.2, 0.25) is 15.9 Å². The Morgan fingerprint density at radius 3 is 2.31 bits per heavy atom. The summed E-state index contributed by atoms with van der Waals surface area (Å²) >= 11 is 0. The van der Waals surface area contributed by atoms with E-state index in [0.29, 0.717) is 44.7 Å². The molecule has 1 spiro atoms. The number of carbonyl (C=O) groups excluding carboxylic acids is 3. The molecule has 0 aromatic heterocycles. The SMILES string of the molecule is CN1CCN(S(=O)(=O)c2ccc(NC(=O)CCN3C(=O)NC4(CCCC4)C3=O)cc2)CC1. The van der Waals surface area contributed by atoms with E-state index >= 15 is 0 Å². The van der Waals surface area contributed by atoms with E-state index in [4.69, 9.17) is 0 Å². The molecule has 1 saturated carbocycles. The Hall–Kier alpha value is -2.50. The lowest BCUT2D eigenvalue weighted by Gasteiger charge is -2.31. The lowest BCUT2D eigenvalue weighted by molar-refractivity contribution is -0.131. The van der Waals surface area contributed by atoms with Crippen LogP contribution in [0.5, 0.6) is 0 Å². The van der Waals surface area contributed by atoms with E-state index < -0.39 is 21.6 Å². The number of urea groups is 1. The van der Waals surface area contributed by atoms with Gasteiger partial charge in [-0.25, -0.2) is 13.2 Å². The van der Waals surface area contributed by atoms with E-state index in [0.717, 1.165) is 17.7 Å². The van der Waals surface area contributed by atoms with Gasteiger partial charge in [-0.15, -0.1) is 0 Å². The number of hydrogen-bond donors (Lipinski definition) is 2. The molecule has 0 atom stereocenters. The molecule has 3 fully saturated rings. The van der Waals surface area contributed by atoms with E-state index in [1.165, 1.54) is 16.4 Å². The number of anilines is 1. The van der Waals surface area contributed by atoms with Gasteiger partial charge < -0.3 is 15.5 Å². The van der Waals surface area contributed by atoms with Crippen molar-refractivity contribution in [2.75, 3.05) is 45.1 Å². The van der Waals surface area contributed by atoms with Crippen LogP contribution < -0.4 is 10.6 Å². The Morgan fingerprint density at radius 2 is 1.69 bits per heavy atom. The van der Waals surface area contributed by atoms with E-state index in [9.17, 15) is 22.8 Å². The molecule has 1 aromatic rings. The first-order valence-corrected chi connectivity index (χ1v) is 12.4. The average molecular weight is 464 g/mol. The van der Waals surface area contributed by atoms with E-state index in [2.05, 4.69) is 15.5 Å². The number of piperazine rings is 1. The monoisotopic (exact) mass is 463 g/mol. The Bertz CT molecular complexity index is 996. The molecule has 1 aliphatic carbocycles. The van der Waals surface area contributed by atoms with Crippen molar-refractivity contribution >= 4 is 33.6 Å². The Balaban J connectivity index is 1.31. The predicted molar refractivity (Wildman–Crippen MR) is 117 cm³/mol. The van der Waals surface area contributed by atoms with Crippen LogP contribution in [-0.4, -0.2) is 85.7 Å². The highest BCUT2D eigenvalue weighted by molar-refractivity contribution is 7.89. The average Bonchev–Trinajstić information content (AvgIpc) is 3.32. The Labute approximate surface area is 188 Å². The van der Waals surface area contributed by atoms with Crippen LogP contribution in [0, 0.1) is 0 Å². The number of benzene rings is 1. The van der Waals surface area contributed by atoms with Crippen molar-refractivity contribution in [3.8, 4) is 0 Å². The summed E-state index contributed by atoms with van der Waals surface area (Å²) in [7, 11) is -1.61. The standard InChI is InChI=1S/C21H29N5O5S/c1-24-12-14-25(15-13-24)32(30,31)17-6-4-16(5-7-17)22-18(27)8-11-26-19(28)21(23-20(26)29)9-2-3-10-21/h4-7H,2-3,8-15H2,1H3,(H,22,27)(H,23,29). The number of amides is 4. The van der Waals surface area contributed by atoms with Gasteiger partial charge in [0.05, 0.1) is 4.90 Å². The number of carbonyl (C=O) groups is 3. The lowest BCUT2D eigenvalue weighted by Crippen LogP contribution is -2.46. The molecule has 2 heterocycles. The van der Waals surface area contributed by atoms with E-state index in [1.54, 1.807) is 12.1 Å². The summed E-state index contributed by atoms with van der Waals surface area (Å²) in [5.41, 5.74) is -0.324. The lowest BCUT2D eigenvalue weighted by atomic mass is 9.98. The third-order valence-corrected chi connectivity index (χ3v) is 8.42. The fourth-order valence-electron chi connectivity index (χ4n) is 4.52. The zero-order valence-corrected chi connectivity index (χ0v) is 19.0. The fraction of sp³-hybridized carbons (Fsp3) is 0.571. The molecule has 3 aliphatic rings. The number of hydrogen-bond acceptors (Lipinski definition) is 6. The van der Waals surface area contributed by atoms with Gasteiger partial charge in [0, 0.05) is 44.8 Å². The van der Waals surface area contributed by atoms with E-state index in [1.807, 2.05) is 7.05 Å². The minimum absolute atomic E-state index is 0.00805. The topological polar surface area (TPSA) is 119 Å². The molecular weight excluding hydrogens is 434 g/mol. The van der Waals surface area contributed by atoms with Gasteiger partial charge in [-0.1, -0.05) is 12.8 Å². The smallest absolute Gasteiger partial charge is 0.325 e. The maximum atomic E-state index is 12.8. The summed E-state index contributed by atoms with van der Waals surface area (Å²) in [6.45, 7) is 2.27. The molecule has 2 aliphatic heterocycles. The van der Waals surface area contributed by atoms with Crippen molar-refractivity contribution in [3.05, 3.63) is 24.3 Å². The molecule has 2 N–H and O–H groups in total. The van der Waals surface area contributed by atoms with Crippen molar-refractivity contribution < 1.29 is 22.8 Å². The molecular formula is C21H29N5O5S. The summed E-state index contributed by atoms with van der Waals surface area (Å²) in [4.78, 5) is 40.6. The van der Waals surface area contributed by atoms with Gasteiger partial charge >= 0.3 is 6.03 Å². The highest BCUT2D eigenvalue weighted by atomic mass is 32.2. The minimum Gasteiger partial charge on any atom is -0.326 e. The van der Waals surface area contributed by atoms with Crippen LogP contribution in [0.25, 0.3) is 0 Å². The Kier molecular flexibility index (Phi) is 6.24. The third kappa shape index (κ3) is 4.37. The quantitative estimate of drug-likeness (QED) is 0.603. The first-order chi connectivity index (χ1) is 15.2. The molecule has 0 radical (unpaired) electrons. The summed E-state index contributed by atoms with van der Waals surface area (Å²) in [6.07, 6.45) is 3.06. The van der Waals surface area contributed by atoms with Gasteiger partial charge in [-0.2, -0.15) is 4.31 Å². The van der Waals surface area contributed by atoms with Crippen molar-refractivity contribution in [1.29, 1.82) is 0 Å². The van der Waals surface area contributed by atoms with Crippen molar-refractivity contribution in [2.45, 2.75) is 42.5 Å². The maximum Gasteiger partial charge on any atom is 0.325 e. The first kappa shape index (κ1) is 22.7. The predicted octanol–water partition coefficient (Wildman–Crippen LogP) is 0.816. The van der Waals surface area contributed by atoms with Crippen LogP contribution >= 0.6 is 0 Å². The van der Waals surface area contributed by atoms with Gasteiger partial charge in [0.15, 0.2) is 0 Å². The summed E-state index contributed by atoms with van der Waals surface area (Å²) < 4.78 is 27.0. The van der Waals surface area contributed by atoms with Crippen molar-refractivity contribution in [1.82, 2.24) is 19.4 Å². The third-order valence-electron chi connectivity index (χ3n) is 6.50. The second-order valence-electron chi connectivity index (χ2n) is 8.71. The largest absolute Gasteiger partial charge is 0.326 e. The fourth-order valence-corrected chi connectivity index (χ4v) is 5.94. The molecule has 2 saturated heterocycles. The molecule has 0 bridgehead atoms. The molecule has 0 unspecified atom stereocenters. The van der Waals surface area contributed by atoms with Crippen LogP contribution in [-0.2, 0) is 19.6 Å². The molecule has 32 heavy (non-hydrogen) atoms. The zero-order chi connectivity index (χ0) is 22.9. The number of nitrogens with one attached hydrogen (secondary N) is 2. The molecule has 1 aromatic carbocycles. The number of nitrogens with zero attached hydrogens (tertiary/aromatic N) is 3. The highest BCUT2D eigenvalue weighted by Gasteiger charge is 2.52. The molecule has 4 rings (SSSR count). The molecule has 11 heteroatoms. The van der Waals surface area contributed by atoms with Crippen molar-refractivity contribution in [2.24, 2.45) is 0 Å². The van der Waals surface area contributed by atoms with Gasteiger partial charge in [-0.3, -0.25) is 14.5 Å². The second kappa shape index (κ2) is 8.80. The summed E-state index contributed by atoms with van der Waals surface area (Å²) in [6, 6.07) is 5.60. The number of rotatable bonds is 6. The van der Waals surface area contributed by atoms with Crippen molar-refractivity contribution in [3.63, 3.8) is 0 Å². The number of sulfonamides is 1. The molecule has 4 amide bonds. The number of likely N-dealkylation sites (N-methyl/N-ethyl adjacent to an activating group) is 1. The maximum absolute atomic E-state index is 12.8. The normalized spacial score (nSPS) is 21.8. The molecule has 10 nitrogen and oxygen atoms in total.